The molecule has 7 saturated carbocycles. The molecule has 8 bridgehead atoms. The first-order valence-corrected chi connectivity index (χ1v) is 9.62. The van der Waals surface area contributed by atoms with Crippen LogP contribution >= 0.6 is 0 Å². The van der Waals surface area contributed by atoms with E-state index < -0.39 is 0 Å². The van der Waals surface area contributed by atoms with Gasteiger partial charge in [-0.1, -0.05) is 0 Å². The zero-order valence-electron chi connectivity index (χ0n) is 14.8. The second-order valence-corrected chi connectivity index (χ2v) is 9.71. The van der Waals surface area contributed by atoms with Gasteiger partial charge in [0, 0.05) is 0 Å². The van der Waals surface area contributed by atoms with Crippen molar-refractivity contribution in [2.24, 2.45) is 46.3 Å². The molecule has 7 rings (SSSR count). The Balaban J connectivity index is 1.43. The van der Waals surface area contributed by atoms with Gasteiger partial charge in [0.2, 0.25) is 0 Å². The minimum Gasteiger partial charge on any atom is -0.469 e. The Morgan fingerprint density at radius 2 is 0.917 bits per heavy atom. The minimum atomic E-state index is -0.0178. The number of carbonyl (C=O) groups excluding carboxylic acids is 2. The monoisotopic (exact) mass is 332 g/mol. The summed E-state index contributed by atoms with van der Waals surface area (Å²) in [4.78, 5) is 23.9. The van der Waals surface area contributed by atoms with E-state index in [0.29, 0.717) is 12.8 Å². The molecule has 4 heteroatoms. The second kappa shape index (κ2) is 4.76. The van der Waals surface area contributed by atoms with Gasteiger partial charge >= 0.3 is 11.9 Å². The summed E-state index contributed by atoms with van der Waals surface area (Å²) in [7, 11) is 3.04. The van der Waals surface area contributed by atoms with Crippen molar-refractivity contribution in [1.82, 2.24) is 0 Å². The summed E-state index contributed by atoms with van der Waals surface area (Å²) in [6, 6.07) is 0. The van der Waals surface area contributed by atoms with Crippen LogP contribution in [0.15, 0.2) is 0 Å². The van der Waals surface area contributed by atoms with Crippen LogP contribution in [-0.2, 0) is 19.1 Å². The second-order valence-electron chi connectivity index (χ2n) is 9.71. The van der Waals surface area contributed by atoms with Gasteiger partial charge in [-0.2, -0.15) is 0 Å². The predicted molar refractivity (Wildman–Crippen MR) is 86.8 cm³/mol. The molecule has 0 radical (unpaired) electrons. The van der Waals surface area contributed by atoms with Gasteiger partial charge in [0.05, 0.1) is 27.1 Å². The molecule has 7 aliphatic rings. The van der Waals surface area contributed by atoms with E-state index in [1.54, 1.807) is 0 Å². The fourth-order valence-corrected chi connectivity index (χ4v) is 8.41. The third kappa shape index (κ3) is 1.86. The van der Waals surface area contributed by atoms with Crippen LogP contribution in [0.4, 0.5) is 0 Å². The molecule has 0 aromatic heterocycles. The zero-order valence-corrected chi connectivity index (χ0v) is 14.8. The summed E-state index contributed by atoms with van der Waals surface area (Å²) in [5.74, 6) is 4.77. The highest BCUT2D eigenvalue weighted by Crippen LogP contribution is 2.77. The first-order valence-electron chi connectivity index (χ1n) is 9.62. The number of ether oxygens (including phenoxy) is 2. The molecule has 0 amide bonds. The zero-order chi connectivity index (χ0) is 16.7. The van der Waals surface area contributed by atoms with Crippen LogP contribution in [0.1, 0.15) is 51.4 Å². The lowest BCUT2D eigenvalue weighted by Gasteiger charge is -2.75. The maximum atomic E-state index is 12.0. The van der Waals surface area contributed by atoms with Crippen LogP contribution in [0.25, 0.3) is 0 Å². The molecule has 0 atom stereocenters. The van der Waals surface area contributed by atoms with Gasteiger partial charge in [0.15, 0.2) is 0 Å². The SMILES string of the molecule is COC(=O)CC12CC3C4CC5(CC(=O)OC)CC3C(C1)C(C5)C4C2. The number of carbonyl (C=O) groups is 2. The third-order valence-electron chi connectivity index (χ3n) is 8.81. The molecule has 0 unspecified atom stereocenters. The fourth-order valence-electron chi connectivity index (χ4n) is 8.41. The van der Waals surface area contributed by atoms with Gasteiger partial charge in [0.25, 0.3) is 0 Å². The number of rotatable bonds is 4. The molecule has 0 heterocycles. The maximum absolute atomic E-state index is 12.0. The molecule has 132 valence electrons. The van der Waals surface area contributed by atoms with Crippen molar-refractivity contribution in [3.05, 3.63) is 0 Å². The summed E-state index contributed by atoms with van der Waals surface area (Å²) >= 11 is 0. The Bertz CT molecular complexity index is 479. The fraction of sp³-hybridized carbons (Fsp3) is 0.900. The first-order chi connectivity index (χ1) is 11.5. The predicted octanol–water partition coefficient (Wildman–Crippen LogP) is 3.19. The van der Waals surface area contributed by atoms with E-state index in [0.717, 1.165) is 35.5 Å². The molecular weight excluding hydrogens is 304 g/mol. The summed E-state index contributed by atoms with van der Waals surface area (Å²) in [5.41, 5.74) is 0.465. The molecule has 0 aromatic carbocycles. The van der Waals surface area contributed by atoms with Gasteiger partial charge in [-0.25, -0.2) is 0 Å². The van der Waals surface area contributed by atoms with Crippen LogP contribution in [0, 0.1) is 46.3 Å². The van der Waals surface area contributed by atoms with Crippen LogP contribution in [0.3, 0.4) is 0 Å². The van der Waals surface area contributed by atoms with Crippen molar-refractivity contribution < 1.29 is 19.1 Å². The van der Waals surface area contributed by atoms with Gasteiger partial charge in [-0.15, -0.1) is 0 Å². The maximum Gasteiger partial charge on any atom is 0.306 e. The van der Waals surface area contributed by atoms with Crippen LogP contribution < -0.4 is 0 Å². The van der Waals surface area contributed by atoms with Crippen LogP contribution in [0.2, 0.25) is 0 Å². The Hall–Kier alpha value is -1.06. The van der Waals surface area contributed by atoms with Gasteiger partial charge in [-0.3, -0.25) is 9.59 Å². The molecule has 7 aliphatic carbocycles. The summed E-state index contributed by atoms with van der Waals surface area (Å²) in [6.07, 6.45) is 8.63. The molecule has 0 spiro atoms. The van der Waals surface area contributed by atoms with Gasteiger partial charge in [0.1, 0.15) is 0 Å². The van der Waals surface area contributed by atoms with Crippen molar-refractivity contribution in [3.63, 3.8) is 0 Å². The summed E-state index contributed by atoms with van der Waals surface area (Å²) < 4.78 is 10.0. The number of esters is 2. The van der Waals surface area contributed by atoms with Crippen molar-refractivity contribution in [2.75, 3.05) is 14.2 Å². The van der Waals surface area contributed by atoms with E-state index >= 15 is 0 Å². The molecule has 4 nitrogen and oxygen atoms in total. The molecule has 0 aromatic rings. The van der Waals surface area contributed by atoms with E-state index in [2.05, 4.69) is 0 Å². The molecule has 0 saturated heterocycles. The largest absolute Gasteiger partial charge is 0.469 e. The normalized spacial score (nSPS) is 52.6. The first kappa shape index (κ1) is 15.2. The van der Waals surface area contributed by atoms with E-state index in [-0.39, 0.29) is 22.8 Å². The lowest BCUT2D eigenvalue weighted by Crippen LogP contribution is -2.68. The standard InChI is InChI=1S/C20H28O4/c1-23-17(21)9-19-3-11-14-6-20(10-18(22)24-2)7-15(11)13(5-19)16(8-20)12(14)4-19/h11-16H,3-10H2,1-2H3. The molecule has 24 heavy (non-hydrogen) atoms. The average molecular weight is 332 g/mol. The van der Waals surface area contributed by atoms with Crippen molar-refractivity contribution in [3.8, 4) is 0 Å². The highest BCUT2D eigenvalue weighted by Gasteiger charge is 2.70. The minimum absolute atomic E-state index is 0.0178. The van der Waals surface area contributed by atoms with E-state index in [1.807, 2.05) is 0 Å². The molecule has 7 fully saturated rings. The highest BCUT2D eigenvalue weighted by atomic mass is 16.5. The smallest absolute Gasteiger partial charge is 0.306 e. The Labute approximate surface area is 143 Å². The number of hydrogen-bond donors (Lipinski definition) is 0. The Morgan fingerprint density at radius 3 is 1.12 bits per heavy atom. The van der Waals surface area contributed by atoms with Crippen molar-refractivity contribution in [2.45, 2.75) is 51.4 Å². The van der Waals surface area contributed by atoms with E-state index in [4.69, 9.17) is 9.47 Å². The summed E-state index contributed by atoms with van der Waals surface area (Å²) in [5, 5.41) is 0. The van der Waals surface area contributed by atoms with Crippen LogP contribution in [-0.4, -0.2) is 26.2 Å². The van der Waals surface area contributed by atoms with Crippen molar-refractivity contribution in [1.29, 1.82) is 0 Å². The Kier molecular flexibility index (Phi) is 3.02. The van der Waals surface area contributed by atoms with E-state index in [9.17, 15) is 9.59 Å². The lowest BCUT2D eigenvalue weighted by molar-refractivity contribution is -0.259. The van der Waals surface area contributed by atoms with Crippen molar-refractivity contribution >= 4 is 11.9 Å². The molecular formula is C20H28O4. The summed E-state index contributed by atoms with van der Waals surface area (Å²) in [6.45, 7) is 0. The number of hydrogen-bond acceptors (Lipinski definition) is 4. The average Bonchev–Trinajstić information content (AvgIpc) is 2.57. The highest BCUT2D eigenvalue weighted by molar-refractivity contribution is 5.71. The molecule has 0 aliphatic heterocycles. The number of methoxy groups -OCH3 is 2. The van der Waals surface area contributed by atoms with Crippen LogP contribution in [0.5, 0.6) is 0 Å². The Morgan fingerprint density at radius 1 is 0.667 bits per heavy atom. The quantitative estimate of drug-likeness (QED) is 0.742. The lowest BCUT2D eigenvalue weighted by atomic mass is 9.30. The van der Waals surface area contributed by atoms with E-state index in [1.165, 1.54) is 52.7 Å². The topological polar surface area (TPSA) is 52.6 Å². The van der Waals surface area contributed by atoms with Gasteiger partial charge in [-0.05, 0) is 84.9 Å². The third-order valence-corrected chi connectivity index (χ3v) is 8.81. The van der Waals surface area contributed by atoms with Gasteiger partial charge < -0.3 is 9.47 Å². The molecule has 0 N–H and O–H groups in total.